The van der Waals surface area contributed by atoms with Gasteiger partial charge in [-0.1, -0.05) is 26.0 Å². The van der Waals surface area contributed by atoms with Crippen molar-refractivity contribution in [2.24, 2.45) is 0 Å². The first kappa shape index (κ1) is 15.9. The molecule has 0 saturated carbocycles. The normalized spacial score (nSPS) is 9.92. The second kappa shape index (κ2) is 9.05. The minimum absolute atomic E-state index is 0.346. The van der Waals surface area contributed by atoms with E-state index in [2.05, 4.69) is 31.8 Å². The molecule has 0 heterocycles. The zero-order valence-electron chi connectivity index (χ0n) is 7.08. The molecule has 3 N–H and O–H groups in total. The van der Waals surface area contributed by atoms with Crippen molar-refractivity contribution in [2.75, 3.05) is 6.61 Å². The van der Waals surface area contributed by atoms with Crippen LogP contribution in [0.3, 0.4) is 0 Å². The fourth-order valence-electron chi connectivity index (χ4n) is 0.304. The van der Waals surface area contributed by atoms with Gasteiger partial charge in [0.15, 0.2) is 0 Å². The molecule has 13 heavy (non-hydrogen) atoms. The van der Waals surface area contributed by atoms with Crippen molar-refractivity contribution in [3.05, 3.63) is 0 Å². The molecule has 0 bridgehead atoms. The third kappa shape index (κ3) is 45.6. The van der Waals surface area contributed by atoms with Crippen molar-refractivity contribution >= 4 is 43.7 Å². The Hall–Kier alpha value is 0.478. The second-order valence-corrected chi connectivity index (χ2v) is 5.21. The number of hydrogen-bond acceptors (Lipinski definition) is 3. The van der Waals surface area contributed by atoms with Crippen LogP contribution in [0.2, 0.25) is 0 Å². The maximum atomic E-state index is 8.94. The van der Waals surface area contributed by atoms with Crippen molar-refractivity contribution in [2.45, 2.75) is 19.8 Å². The standard InChI is InChI=1S/C5H10OS2.AsH3O4/c1-2-3-4-6-5(7)8;2-1(3,4)5/h2-4H2,1H3,(H,7,8);(H3,2,3,4,5). The maximum absolute atomic E-state index is 8.94. The van der Waals surface area contributed by atoms with Crippen molar-refractivity contribution in [3.8, 4) is 0 Å². The molecule has 0 aromatic heterocycles. The molecule has 0 aromatic rings. The first-order valence-electron chi connectivity index (χ1n) is 3.41. The second-order valence-electron chi connectivity index (χ2n) is 1.98. The van der Waals surface area contributed by atoms with E-state index in [9.17, 15) is 0 Å². The summed E-state index contributed by atoms with van der Waals surface area (Å²) in [6.45, 7) is 2.81. The van der Waals surface area contributed by atoms with Gasteiger partial charge in [0.1, 0.15) is 0 Å². The Morgan fingerprint density at radius 1 is 1.54 bits per heavy atom. The van der Waals surface area contributed by atoms with E-state index in [0.717, 1.165) is 12.8 Å². The molecule has 0 aromatic carbocycles. The molecule has 0 saturated heterocycles. The third-order valence-electron chi connectivity index (χ3n) is 0.723. The summed E-state index contributed by atoms with van der Waals surface area (Å²) < 4.78 is 35.9. The molecular formula is C5H13AsO5S2. The first-order valence-corrected chi connectivity index (χ1v) is 7.55. The topological polar surface area (TPSA) is 87.0 Å². The van der Waals surface area contributed by atoms with Crippen LogP contribution in [0.15, 0.2) is 0 Å². The van der Waals surface area contributed by atoms with Crippen molar-refractivity contribution in [1.82, 2.24) is 0 Å². The van der Waals surface area contributed by atoms with Gasteiger partial charge < -0.3 is 4.74 Å². The van der Waals surface area contributed by atoms with E-state index in [1.807, 2.05) is 0 Å². The number of ether oxygens (including phenoxy) is 1. The molecular weight excluding hydrogens is 279 g/mol. The van der Waals surface area contributed by atoms with Gasteiger partial charge in [-0.15, -0.1) is 0 Å². The van der Waals surface area contributed by atoms with E-state index < -0.39 is 14.5 Å². The molecule has 0 atom stereocenters. The van der Waals surface area contributed by atoms with E-state index in [0.29, 0.717) is 11.0 Å². The molecule has 0 aliphatic heterocycles. The average Bonchev–Trinajstić information content (AvgIpc) is 1.83. The molecule has 0 aliphatic rings. The molecule has 8 heteroatoms. The van der Waals surface area contributed by atoms with E-state index in [4.69, 9.17) is 20.8 Å². The summed E-state index contributed by atoms with van der Waals surface area (Å²) in [6, 6.07) is 0. The molecule has 0 unspecified atom stereocenters. The summed E-state index contributed by atoms with van der Waals surface area (Å²) in [5.74, 6) is 0. The van der Waals surface area contributed by atoms with Crippen LogP contribution in [0.4, 0.5) is 0 Å². The van der Waals surface area contributed by atoms with Gasteiger partial charge in [0, 0.05) is 0 Å². The van der Waals surface area contributed by atoms with Crippen molar-refractivity contribution in [1.29, 1.82) is 0 Å². The molecule has 5 nitrogen and oxygen atoms in total. The van der Waals surface area contributed by atoms with Gasteiger partial charge >= 0.3 is 30.5 Å². The Morgan fingerprint density at radius 2 is 1.92 bits per heavy atom. The van der Waals surface area contributed by atoms with Gasteiger partial charge in [0.2, 0.25) is 4.38 Å². The van der Waals surface area contributed by atoms with Crippen LogP contribution in [0.5, 0.6) is 0 Å². The van der Waals surface area contributed by atoms with Crippen LogP contribution in [0.25, 0.3) is 0 Å². The van der Waals surface area contributed by atoms with Crippen LogP contribution in [0, 0.1) is 0 Å². The van der Waals surface area contributed by atoms with E-state index in [-0.39, 0.29) is 0 Å². The molecule has 0 fully saturated rings. The first-order chi connectivity index (χ1) is 5.77. The Labute approximate surface area is 90.9 Å². The molecule has 0 amide bonds. The van der Waals surface area contributed by atoms with Gasteiger partial charge in [-0.05, 0) is 18.6 Å². The molecule has 0 radical (unpaired) electrons. The van der Waals surface area contributed by atoms with Crippen molar-refractivity contribution < 1.29 is 20.8 Å². The Kier molecular flexibility index (Phi) is 11.1. The van der Waals surface area contributed by atoms with Crippen LogP contribution in [-0.2, 0) is 8.48 Å². The average molecular weight is 292 g/mol. The summed E-state index contributed by atoms with van der Waals surface area (Å²) >= 11 is 3.21. The van der Waals surface area contributed by atoms with Gasteiger partial charge in [-0.2, -0.15) is 0 Å². The number of thiol groups is 1. The summed E-state index contributed by atoms with van der Waals surface area (Å²) in [5.41, 5.74) is 0. The molecule has 0 aliphatic carbocycles. The quantitative estimate of drug-likeness (QED) is 0.250. The summed E-state index contributed by atoms with van der Waals surface area (Å²) in [7, 11) is 0. The number of thiocarbonyl (C=S) groups is 1. The van der Waals surface area contributed by atoms with Gasteiger partial charge in [-0.3, -0.25) is 0 Å². The summed E-state index contributed by atoms with van der Waals surface area (Å²) in [5, 5.41) is 0. The SMILES string of the molecule is CCCCOC(=S)S.O=[As](O)(O)O. The third-order valence-corrected chi connectivity index (χ3v) is 0.970. The summed E-state index contributed by atoms with van der Waals surface area (Å²) in [4.78, 5) is 0. The molecule has 0 rings (SSSR count). The van der Waals surface area contributed by atoms with Gasteiger partial charge in [-0.25, -0.2) is 0 Å². The van der Waals surface area contributed by atoms with Gasteiger partial charge in [0.05, 0.1) is 6.61 Å². The Bertz CT molecular complexity index is 171. The van der Waals surface area contributed by atoms with Crippen LogP contribution >= 0.6 is 24.8 Å². The monoisotopic (exact) mass is 292 g/mol. The van der Waals surface area contributed by atoms with Crippen molar-refractivity contribution in [3.63, 3.8) is 0 Å². The fourth-order valence-corrected chi connectivity index (χ4v) is 0.478. The predicted molar refractivity (Wildman–Crippen MR) is 55.5 cm³/mol. The minimum atomic E-state index is -5.12. The van der Waals surface area contributed by atoms with Crippen LogP contribution in [0.1, 0.15) is 19.8 Å². The Balaban J connectivity index is 0. The zero-order chi connectivity index (χ0) is 10.9. The van der Waals surface area contributed by atoms with Gasteiger partial charge in [0.25, 0.3) is 0 Å². The number of rotatable bonds is 3. The van der Waals surface area contributed by atoms with Crippen LogP contribution in [-0.4, -0.2) is 37.8 Å². The number of hydrogen-bond donors (Lipinski definition) is 4. The summed E-state index contributed by atoms with van der Waals surface area (Å²) in [6.07, 6.45) is 2.19. The fraction of sp³-hybridized carbons (Fsp3) is 0.800. The van der Waals surface area contributed by atoms with E-state index in [1.54, 1.807) is 0 Å². The zero-order valence-corrected chi connectivity index (χ0v) is 10.7. The van der Waals surface area contributed by atoms with Crippen LogP contribution < -0.4 is 0 Å². The Morgan fingerprint density at radius 3 is 2.15 bits per heavy atom. The molecule has 80 valence electrons. The van der Waals surface area contributed by atoms with E-state index >= 15 is 0 Å². The number of unbranched alkanes of at least 4 members (excludes halogenated alkanes) is 1. The predicted octanol–water partition coefficient (Wildman–Crippen LogP) is -0.153. The van der Waals surface area contributed by atoms with E-state index in [1.165, 1.54) is 0 Å². The molecule has 0 spiro atoms.